The molecule has 0 aromatic heterocycles. The number of hydrogen-bond acceptors (Lipinski definition) is 5. The van der Waals surface area contributed by atoms with Gasteiger partial charge in [0.2, 0.25) is 0 Å². The topological polar surface area (TPSA) is 83.8 Å². The predicted molar refractivity (Wildman–Crippen MR) is 67.1 cm³/mol. The second-order valence-corrected chi connectivity index (χ2v) is 4.22. The molecule has 0 rings (SSSR count). The lowest BCUT2D eigenvalue weighted by Crippen LogP contribution is -2.07. The number of ether oxygens (including phenoxy) is 1. The molecule has 0 fully saturated rings. The van der Waals surface area contributed by atoms with Gasteiger partial charge in [-0.3, -0.25) is 9.59 Å². The van der Waals surface area contributed by atoms with Crippen molar-refractivity contribution in [2.75, 3.05) is 19.8 Å². The van der Waals surface area contributed by atoms with E-state index in [1.165, 1.54) is 0 Å². The smallest absolute Gasteiger partial charge is 0.308 e. The Morgan fingerprint density at radius 1 is 0.778 bits per heavy atom. The predicted octanol–water partition coefficient (Wildman–Crippen LogP) is 1.20. The molecule has 0 amide bonds. The highest BCUT2D eigenvalue weighted by atomic mass is 16.5. The number of esters is 1. The Balaban J connectivity index is 3.16. The van der Waals surface area contributed by atoms with E-state index in [-0.39, 0.29) is 37.8 Å². The molecule has 0 unspecified atom stereocenters. The van der Waals surface area contributed by atoms with Gasteiger partial charge in [-0.2, -0.15) is 0 Å². The Kier molecular flexibility index (Phi) is 11.9. The maximum absolute atomic E-state index is 11.1. The summed E-state index contributed by atoms with van der Waals surface area (Å²) in [5.74, 6) is -0.234. The molecule has 0 aliphatic heterocycles. The van der Waals surface area contributed by atoms with E-state index in [9.17, 15) is 9.59 Å². The lowest BCUT2D eigenvalue weighted by Gasteiger charge is -2.03. The van der Waals surface area contributed by atoms with Crippen LogP contribution in [0, 0.1) is 0 Å². The number of Topliss-reactive ketones (excluding diaryl/α,β-unsaturated/α-hetero) is 1. The third-order valence-electron chi connectivity index (χ3n) is 2.57. The molecule has 0 radical (unpaired) electrons. The second kappa shape index (κ2) is 12.5. The fourth-order valence-corrected chi connectivity index (χ4v) is 1.55. The minimum Gasteiger partial charge on any atom is -0.466 e. The summed E-state index contributed by atoms with van der Waals surface area (Å²) >= 11 is 0. The number of rotatable bonds is 12. The van der Waals surface area contributed by atoms with Gasteiger partial charge < -0.3 is 14.9 Å². The van der Waals surface area contributed by atoms with Gasteiger partial charge in [0.1, 0.15) is 5.78 Å². The second-order valence-electron chi connectivity index (χ2n) is 4.22. The van der Waals surface area contributed by atoms with Crippen molar-refractivity contribution in [3.63, 3.8) is 0 Å². The van der Waals surface area contributed by atoms with Crippen LogP contribution >= 0.6 is 0 Å². The van der Waals surface area contributed by atoms with Crippen molar-refractivity contribution in [3.8, 4) is 0 Å². The molecular formula is C13H24O5. The van der Waals surface area contributed by atoms with Crippen molar-refractivity contribution in [2.45, 2.75) is 51.4 Å². The van der Waals surface area contributed by atoms with Gasteiger partial charge >= 0.3 is 5.97 Å². The average Bonchev–Trinajstić information content (AvgIpc) is 2.33. The Bertz CT molecular complexity index is 203. The van der Waals surface area contributed by atoms with Crippen LogP contribution in [0.15, 0.2) is 0 Å². The molecule has 0 saturated heterocycles. The maximum Gasteiger partial charge on any atom is 0.308 e. The molecule has 0 atom stereocenters. The first-order valence-corrected chi connectivity index (χ1v) is 6.59. The molecule has 0 bridgehead atoms. The van der Waals surface area contributed by atoms with Crippen molar-refractivity contribution in [3.05, 3.63) is 0 Å². The largest absolute Gasteiger partial charge is 0.466 e. The van der Waals surface area contributed by atoms with Gasteiger partial charge in [0, 0.05) is 19.4 Å². The van der Waals surface area contributed by atoms with E-state index in [4.69, 9.17) is 14.9 Å². The minimum atomic E-state index is -0.355. The molecule has 0 aromatic rings. The molecule has 0 aliphatic rings. The molecular weight excluding hydrogens is 236 g/mol. The summed E-state index contributed by atoms with van der Waals surface area (Å²) < 4.78 is 4.88. The van der Waals surface area contributed by atoms with E-state index < -0.39 is 0 Å². The first-order chi connectivity index (χ1) is 8.70. The number of ketones is 1. The molecule has 0 spiro atoms. The summed E-state index contributed by atoms with van der Waals surface area (Å²) in [7, 11) is 0. The van der Waals surface area contributed by atoms with E-state index >= 15 is 0 Å². The summed E-state index contributed by atoms with van der Waals surface area (Å²) in [6.07, 6.45) is 5.54. The lowest BCUT2D eigenvalue weighted by molar-refractivity contribution is -0.144. The average molecular weight is 260 g/mol. The van der Waals surface area contributed by atoms with Gasteiger partial charge in [0.15, 0.2) is 0 Å². The first kappa shape index (κ1) is 17.1. The summed E-state index contributed by atoms with van der Waals surface area (Å²) in [5, 5.41) is 17.0. The van der Waals surface area contributed by atoms with Crippen LogP contribution in [0.25, 0.3) is 0 Å². The number of carbonyl (C=O) groups is 2. The van der Waals surface area contributed by atoms with E-state index in [0.717, 1.165) is 32.1 Å². The van der Waals surface area contributed by atoms with Gasteiger partial charge in [-0.15, -0.1) is 0 Å². The summed E-state index contributed by atoms with van der Waals surface area (Å²) in [6.45, 7) is 0.182. The highest BCUT2D eigenvalue weighted by molar-refractivity contribution is 5.78. The van der Waals surface area contributed by atoms with Crippen LogP contribution in [-0.4, -0.2) is 41.8 Å². The van der Waals surface area contributed by atoms with E-state index in [1.54, 1.807) is 0 Å². The fraction of sp³-hybridized carbons (Fsp3) is 0.846. The molecule has 0 aromatic carbocycles. The SMILES string of the molecule is O=C(CCO)CCCCCCCOC(=O)CCO. The molecule has 18 heavy (non-hydrogen) atoms. The quantitative estimate of drug-likeness (QED) is 0.407. The van der Waals surface area contributed by atoms with Gasteiger partial charge in [0.05, 0.1) is 19.6 Å². The third-order valence-corrected chi connectivity index (χ3v) is 2.57. The maximum atomic E-state index is 11.1. The normalized spacial score (nSPS) is 10.3. The van der Waals surface area contributed by atoms with Crippen LogP contribution in [0.4, 0.5) is 0 Å². The standard InChI is InChI=1S/C13H24O5/c14-9-7-12(16)6-4-2-1-3-5-11-18-13(17)8-10-15/h14-15H,1-11H2. The van der Waals surface area contributed by atoms with Crippen molar-refractivity contribution in [2.24, 2.45) is 0 Å². The molecule has 0 aliphatic carbocycles. The van der Waals surface area contributed by atoms with Gasteiger partial charge in [-0.25, -0.2) is 0 Å². The van der Waals surface area contributed by atoms with E-state index in [2.05, 4.69) is 0 Å². The first-order valence-electron chi connectivity index (χ1n) is 6.59. The Morgan fingerprint density at radius 3 is 2.06 bits per heavy atom. The summed E-state index contributed by atoms with van der Waals surface area (Å²) in [4.78, 5) is 22.0. The van der Waals surface area contributed by atoms with Crippen molar-refractivity contribution in [1.82, 2.24) is 0 Å². The lowest BCUT2D eigenvalue weighted by atomic mass is 10.1. The Hall–Kier alpha value is -0.940. The van der Waals surface area contributed by atoms with E-state index in [0.29, 0.717) is 13.0 Å². The number of carbonyl (C=O) groups excluding carboxylic acids is 2. The van der Waals surface area contributed by atoms with Crippen LogP contribution in [0.1, 0.15) is 51.4 Å². The van der Waals surface area contributed by atoms with Crippen LogP contribution in [-0.2, 0) is 14.3 Å². The number of hydrogen-bond donors (Lipinski definition) is 2. The van der Waals surface area contributed by atoms with Crippen LogP contribution < -0.4 is 0 Å². The van der Waals surface area contributed by atoms with E-state index in [1.807, 2.05) is 0 Å². The molecule has 0 heterocycles. The Labute approximate surface area is 108 Å². The van der Waals surface area contributed by atoms with Crippen molar-refractivity contribution >= 4 is 11.8 Å². The van der Waals surface area contributed by atoms with Crippen molar-refractivity contribution < 1.29 is 24.5 Å². The monoisotopic (exact) mass is 260 g/mol. The highest BCUT2D eigenvalue weighted by Crippen LogP contribution is 2.07. The highest BCUT2D eigenvalue weighted by Gasteiger charge is 2.01. The fourth-order valence-electron chi connectivity index (χ4n) is 1.55. The summed E-state index contributed by atoms with van der Waals surface area (Å²) in [5.41, 5.74) is 0. The molecule has 5 nitrogen and oxygen atoms in total. The number of aliphatic hydroxyl groups is 2. The van der Waals surface area contributed by atoms with Crippen LogP contribution in [0.2, 0.25) is 0 Å². The van der Waals surface area contributed by atoms with Crippen LogP contribution in [0.3, 0.4) is 0 Å². The van der Waals surface area contributed by atoms with Crippen LogP contribution in [0.5, 0.6) is 0 Å². The zero-order valence-corrected chi connectivity index (χ0v) is 10.9. The molecule has 5 heteroatoms. The van der Waals surface area contributed by atoms with Gasteiger partial charge in [0.25, 0.3) is 0 Å². The van der Waals surface area contributed by atoms with Gasteiger partial charge in [-0.05, 0) is 12.8 Å². The van der Waals surface area contributed by atoms with Gasteiger partial charge in [-0.1, -0.05) is 19.3 Å². The Morgan fingerprint density at radius 2 is 1.39 bits per heavy atom. The molecule has 106 valence electrons. The number of aliphatic hydroxyl groups excluding tert-OH is 2. The number of unbranched alkanes of at least 4 members (excludes halogenated alkanes) is 4. The zero-order valence-electron chi connectivity index (χ0n) is 10.9. The zero-order chi connectivity index (χ0) is 13.6. The minimum absolute atomic E-state index is 0.0575. The molecule has 2 N–H and O–H groups in total. The third kappa shape index (κ3) is 11.5. The molecule has 0 saturated carbocycles. The van der Waals surface area contributed by atoms with Crippen molar-refractivity contribution in [1.29, 1.82) is 0 Å². The summed E-state index contributed by atoms with van der Waals surface area (Å²) in [6, 6.07) is 0.